The molecule has 1 aromatic rings. The van der Waals surface area contributed by atoms with Crippen molar-refractivity contribution in [3.05, 3.63) is 23.8 Å². The quantitative estimate of drug-likeness (QED) is 0.764. The van der Waals surface area contributed by atoms with Crippen molar-refractivity contribution < 1.29 is 9.90 Å². The number of rotatable bonds is 8. The number of unbranched alkanes of at least 4 members (excludes halogenated alkanes) is 1. The lowest BCUT2D eigenvalue weighted by atomic mass is 10.1. The van der Waals surface area contributed by atoms with Gasteiger partial charge in [0.25, 0.3) is 0 Å². The summed E-state index contributed by atoms with van der Waals surface area (Å²) in [6, 6.07) is 6.18. The van der Waals surface area contributed by atoms with Gasteiger partial charge in [0, 0.05) is 44.2 Å². The molecule has 1 fully saturated rings. The zero-order valence-electron chi connectivity index (χ0n) is 15.1. The van der Waals surface area contributed by atoms with Crippen LogP contribution in [0.3, 0.4) is 0 Å². The van der Waals surface area contributed by atoms with Crippen LogP contribution < -0.4 is 10.2 Å². The molecular formula is C19H31N3O2. The summed E-state index contributed by atoms with van der Waals surface area (Å²) >= 11 is 0. The second-order valence-corrected chi connectivity index (χ2v) is 6.54. The number of hydrogen-bond acceptors (Lipinski definition) is 3. The largest absolute Gasteiger partial charge is 0.396 e. The maximum absolute atomic E-state index is 12.5. The first-order chi connectivity index (χ1) is 11.7. The van der Waals surface area contributed by atoms with Gasteiger partial charge in [-0.25, -0.2) is 4.79 Å². The van der Waals surface area contributed by atoms with Crippen molar-refractivity contribution in [1.29, 1.82) is 0 Å². The highest BCUT2D eigenvalue weighted by Crippen LogP contribution is 2.25. The Labute approximate surface area is 145 Å². The van der Waals surface area contributed by atoms with E-state index in [1.54, 1.807) is 4.90 Å². The predicted octanol–water partition coefficient (Wildman–Crippen LogP) is 3.61. The molecule has 0 aromatic heterocycles. The molecule has 5 heteroatoms. The Morgan fingerprint density at radius 2 is 1.96 bits per heavy atom. The molecule has 2 amide bonds. The molecule has 0 unspecified atom stereocenters. The molecular weight excluding hydrogens is 302 g/mol. The molecule has 0 spiro atoms. The summed E-state index contributed by atoms with van der Waals surface area (Å²) in [5.41, 5.74) is 3.20. The van der Waals surface area contributed by atoms with E-state index in [4.69, 9.17) is 5.11 Å². The molecule has 1 aromatic carbocycles. The Balaban J connectivity index is 2.00. The highest BCUT2D eigenvalue weighted by molar-refractivity contribution is 5.90. The van der Waals surface area contributed by atoms with Gasteiger partial charge in [-0.15, -0.1) is 0 Å². The first-order valence-corrected chi connectivity index (χ1v) is 9.18. The smallest absolute Gasteiger partial charge is 0.321 e. The zero-order valence-corrected chi connectivity index (χ0v) is 15.1. The number of carbonyl (C=O) groups is 1. The zero-order chi connectivity index (χ0) is 17.4. The van der Waals surface area contributed by atoms with Crippen molar-refractivity contribution in [3.8, 4) is 0 Å². The van der Waals surface area contributed by atoms with Crippen LogP contribution in [0.1, 0.15) is 44.6 Å². The summed E-state index contributed by atoms with van der Waals surface area (Å²) in [7, 11) is 0. The monoisotopic (exact) mass is 333 g/mol. The number of carbonyl (C=O) groups excluding carboxylic acids is 1. The number of amides is 2. The van der Waals surface area contributed by atoms with Crippen LogP contribution >= 0.6 is 0 Å². The van der Waals surface area contributed by atoms with Crippen LogP contribution in [0.2, 0.25) is 0 Å². The lowest BCUT2D eigenvalue weighted by Gasteiger charge is -2.24. The number of anilines is 2. The van der Waals surface area contributed by atoms with Gasteiger partial charge in [-0.2, -0.15) is 0 Å². The minimum Gasteiger partial charge on any atom is -0.396 e. The molecule has 1 heterocycles. The van der Waals surface area contributed by atoms with Crippen molar-refractivity contribution in [2.75, 3.05) is 43.0 Å². The Morgan fingerprint density at radius 3 is 2.58 bits per heavy atom. The first-order valence-electron chi connectivity index (χ1n) is 9.18. The number of aryl methyl sites for hydroxylation is 1. The number of aliphatic hydroxyl groups is 1. The number of hydrogen-bond donors (Lipinski definition) is 2. The van der Waals surface area contributed by atoms with E-state index in [9.17, 15) is 4.79 Å². The van der Waals surface area contributed by atoms with Gasteiger partial charge in [-0.3, -0.25) is 0 Å². The minimum absolute atomic E-state index is 0.0751. The Morgan fingerprint density at radius 1 is 1.25 bits per heavy atom. The van der Waals surface area contributed by atoms with E-state index in [-0.39, 0.29) is 12.6 Å². The van der Waals surface area contributed by atoms with E-state index in [1.807, 2.05) is 13.0 Å². The minimum atomic E-state index is -0.0751. The summed E-state index contributed by atoms with van der Waals surface area (Å²) in [5.74, 6) is 0. The Bertz CT molecular complexity index is 519. The highest BCUT2D eigenvalue weighted by Gasteiger charge is 2.16. The van der Waals surface area contributed by atoms with Crippen LogP contribution in [0.25, 0.3) is 0 Å². The van der Waals surface area contributed by atoms with Crippen LogP contribution in [-0.2, 0) is 0 Å². The van der Waals surface area contributed by atoms with Gasteiger partial charge < -0.3 is 20.2 Å². The lowest BCUT2D eigenvalue weighted by Crippen LogP contribution is -2.37. The lowest BCUT2D eigenvalue weighted by molar-refractivity contribution is 0.201. The van der Waals surface area contributed by atoms with Gasteiger partial charge in [0.05, 0.1) is 0 Å². The van der Waals surface area contributed by atoms with Gasteiger partial charge in [-0.1, -0.05) is 13.3 Å². The van der Waals surface area contributed by atoms with Crippen molar-refractivity contribution in [2.45, 2.75) is 46.0 Å². The molecule has 2 N–H and O–H groups in total. The molecule has 0 atom stereocenters. The fraction of sp³-hybridized carbons (Fsp3) is 0.632. The summed E-state index contributed by atoms with van der Waals surface area (Å²) in [6.45, 7) is 7.83. The first kappa shape index (κ1) is 18.6. The van der Waals surface area contributed by atoms with Crippen LogP contribution in [0.5, 0.6) is 0 Å². The SMILES string of the molecule is CCCCN(CCCO)C(=O)Nc1ccc(N2CCCC2)cc1C. The van der Waals surface area contributed by atoms with Crippen molar-refractivity contribution >= 4 is 17.4 Å². The second kappa shape index (κ2) is 9.52. The fourth-order valence-electron chi connectivity index (χ4n) is 3.08. The third kappa shape index (κ3) is 5.13. The number of aliphatic hydroxyl groups excluding tert-OH is 1. The Hall–Kier alpha value is -1.75. The van der Waals surface area contributed by atoms with Crippen molar-refractivity contribution in [2.24, 2.45) is 0 Å². The second-order valence-electron chi connectivity index (χ2n) is 6.54. The topological polar surface area (TPSA) is 55.8 Å². The predicted molar refractivity (Wildman–Crippen MR) is 99.8 cm³/mol. The van der Waals surface area contributed by atoms with Crippen LogP contribution in [0.4, 0.5) is 16.2 Å². The molecule has 24 heavy (non-hydrogen) atoms. The molecule has 1 aliphatic rings. The van der Waals surface area contributed by atoms with E-state index in [0.29, 0.717) is 13.0 Å². The maximum atomic E-state index is 12.5. The average molecular weight is 333 g/mol. The molecule has 0 aliphatic carbocycles. The van der Waals surface area contributed by atoms with Crippen LogP contribution in [-0.4, -0.2) is 48.8 Å². The van der Waals surface area contributed by atoms with Crippen LogP contribution in [0, 0.1) is 6.92 Å². The molecule has 5 nitrogen and oxygen atoms in total. The van der Waals surface area contributed by atoms with Crippen LogP contribution in [0.15, 0.2) is 18.2 Å². The molecule has 2 rings (SSSR count). The van der Waals surface area contributed by atoms with Gasteiger partial charge in [-0.05, 0) is 56.4 Å². The summed E-state index contributed by atoms with van der Waals surface area (Å²) in [4.78, 5) is 16.7. The molecule has 134 valence electrons. The summed E-state index contributed by atoms with van der Waals surface area (Å²) < 4.78 is 0. The van der Waals surface area contributed by atoms with Gasteiger partial charge in [0.2, 0.25) is 0 Å². The third-order valence-electron chi connectivity index (χ3n) is 4.58. The summed E-state index contributed by atoms with van der Waals surface area (Å²) in [5, 5.41) is 12.1. The summed E-state index contributed by atoms with van der Waals surface area (Å²) in [6.07, 6.45) is 5.16. The number of nitrogens with one attached hydrogen (secondary N) is 1. The molecule has 0 radical (unpaired) electrons. The standard InChI is InChI=1S/C19H31N3O2/c1-3-4-10-22(13-7-14-23)19(24)20-18-9-8-17(15-16(18)2)21-11-5-6-12-21/h8-9,15,23H,3-7,10-14H2,1-2H3,(H,20,24). The molecule has 0 saturated carbocycles. The van der Waals surface area contributed by atoms with E-state index in [2.05, 4.69) is 29.3 Å². The van der Waals surface area contributed by atoms with Crippen molar-refractivity contribution in [3.63, 3.8) is 0 Å². The van der Waals surface area contributed by atoms with Gasteiger partial charge in [0.15, 0.2) is 0 Å². The highest BCUT2D eigenvalue weighted by atomic mass is 16.3. The normalized spacial score (nSPS) is 14.0. The average Bonchev–Trinajstić information content (AvgIpc) is 3.11. The maximum Gasteiger partial charge on any atom is 0.321 e. The number of benzene rings is 1. The van der Waals surface area contributed by atoms with Gasteiger partial charge in [0.1, 0.15) is 0 Å². The van der Waals surface area contributed by atoms with E-state index in [0.717, 1.165) is 43.7 Å². The van der Waals surface area contributed by atoms with Crippen molar-refractivity contribution in [1.82, 2.24) is 4.90 Å². The van der Waals surface area contributed by atoms with E-state index >= 15 is 0 Å². The third-order valence-corrected chi connectivity index (χ3v) is 4.58. The number of urea groups is 1. The molecule has 1 aliphatic heterocycles. The Kier molecular flexibility index (Phi) is 7.37. The molecule has 1 saturated heterocycles. The van der Waals surface area contributed by atoms with E-state index < -0.39 is 0 Å². The fourth-order valence-corrected chi connectivity index (χ4v) is 3.08. The van der Waals surface area contributed by atoms with Gasteiger partial charge >= 0.3 is 6.03 Å². The van der Waals surface area contributed by atoms with E-state index in [1.165, 1.54) is 18.5 Å². The molecule has 0 bridgehead atoms. The number of nitrogens with zero attached hydrogens (tertiary/aromatic N) is 2.